The van der Waals surface area contributed by atoms with Gasteiger partial charge in [-0.15, -0.1) is 11.3 Å². The monoisotopic (exact) mass is 450 g/mol. The average molecular weight is 451 g/mol. The lowest BCUT2D eigenvalue weighted by atomic mass is 9.88. The molecule has 2 aromatic carbocycles. The molecule has 0 aliphatic heterocycles. The zero-order chi connectivity index (χ0) is 22.7. The van der Waals surface area contributed by atoms with Gasteiger partial charge in [-0.05, 0) is 55.0 Å². The Kier molecular flexibility index (Phi) is 6.46. The molecule has 0 saturated carbocycles. The maximum atomic E-state index is 13.5. The minimum absolute atomic E-state index is 0.231. The van der Waals surface area contributed by atoms with E-state index < -0.39 is 0 Å². The molecule has 0 spiro atoms. The topological polar surface area (TPSA) is 76.7 Å². The smallest absolute Gasteiger partial charge is 0.259 e. The number of anilines is 2. The van der Waals surface area contributed by atoms with E-state index >= 15 is 0 Å². The second kappa shape index (κ2) is 9.44. The molecule has 1 aromatic heterocycles. The minimum Gasteiger partial charge on any atom is -0.497 e. The van der Waals surface area contributed by atoms with E-state index in [9.17, 15) is 9.59 Å². The number of carbonyl (C=O) groups is 2. The van der Waals surface area contributed by atoms with Gasteiger partial charge >= 0.3 is 0 Å². The number of nitrogens with one attached hydrogen (secondary N) is 2. The Labute approximate surface area is 191 Å². The zero-order valence-electron chi connectivity index (χ0n) is 18.4. The van der Waals surface area contributed by atoms with Crippen molar-refractivity contribution in [2.24, 2.45) is 5.92 Å². The van der Waals surface area contributed by atoms with Crippen LogP contribution >= 0.6 is 11.3 Å². The Morgan fingerprint density at radius 3 is 2.50 bits per heavy atom. The Balaban J connectivity index is 1.69. The first kappa shape index (κ1) is 21.9. The quantitative estimate of drug-likeness (QED) is 0.528. The van der Waals surface area contributed by atoms with E-state index in [-0.39, 0.29) is 11.8 Å². The molecule has 1 aliphatic rings. The van der Waals surface area contributed by atoms with Gasteiger partial charge in [-0.1, -0.05) is 25.1 Å². The van der Waals surface area contributed by atoms with Crippen molar-refractivity contribution in [1.82, 2.24) is 0 Å². The fraction of sp³-hybridized carbons (Fsp3) is 0.280. The van der Waals surface area contributed by atoms with Gasteiger partial charge in [-0.25, -0.2) is 0 Å². The van der Waals surface area contributed by atoms with Gasteiger partial charge in [-0.2, -0.15) is 0 Å². The number of benzene rings is 2. The summed E-state index contributed by atoms with van der Waals surface area (Å²) in [5, 5.41) is 6.53. The van der Waals surface area contributed by atoms with Gasteiger partial charge in [0, 0.05) is 16.5 Å². The molecule has 4 rings (SSSR count). The SMILES string of the molecule is COc1ccc(OC)c(NC(=O)c2c(NC(=O)c3ccccc3)sc3c2CC[C@H](C)C3)c1. The van der Waals surface area contributed by atoms with Gasteiger partial charge in [-0.3, -0.25) is 9.59 Å². The average Bonchev–Trinajstić information content (AvgIpc) is 3.16. The van der Waals surface area contributed by atoms with Crippen molar-refractivity contribution in [3.05, 3.63) is 70.1 Å². The Hall–Kier alpha value is -3.32. The number of amides is 2. The van der Waals surface area contributed by atoms with Gasteiger partial charge in [0.05, 0.1) is 25.5 Å². The molecule has 2 amide bonds. The van der Waals surface area contributed by atoms with Crippen molar-refractivity contribution < 1.29 is 19.1 Å². The summed E-state index contributed by atoms with van der Waals surface area (Å²) in [4.78, 5) is 27.5. The highest BCUT2D eigenvalue weighted by atomic mass is 32.1. The largest absolute Gasteiger partial charge is 0.497 e. The van der Waals surface area contributed by atoms with E-state index in [2.05, 4.69) is 17.6 Å². The van der Waals surface area contributed by atoms with E-state index in [1.165, 1.54) is 11.3 Å². The molecule has 3 aromatic rings. The highest BCUT2D eigenvalue weighted by molar-refractivity contribution is 7.17. The molecule has 0 unspecified atom stereocenters. The van der Waals surface area contributed by atoms with Crippen molar-refractivity contribution >= 4 is 33.8 Å². The van der Waals surface area contributed by atoms with Crippen LogP contribution in [0.3, 0.4) is 0 Å². The lowest BCUT2D eigenvalue weighted by Gasteiger charge is -2.19. The summed E-state index contributed by atoms with van der Waals surface area (Å²) in [7, 11) is 3.12. The number of ether oxygens (including phenoxy) is 2. The van der Waals surface area contributed by atoms with E-state index in [1.54, 1.807) is 44.6 Å². The molecular formula is C25H26N2O4S. The van der Waals surface area contributed by atoms with Crippen molar-refractivity contribution in [3.8, 4) is 11.5 Å². The molecule has 0 saturated heterocycles. The van der Waals surface area contributed by atoms with Gasteiger partial charge in [0.15, 0.2) is 0 Å². The number of thiophene rings is 1. The first-order valence-electron chi connectivity index (χ1n) is 10.5. The lowest BCUT2D eigenvalue weighted by Crippen LogP contribution is -2.19. The Bertz CT molecular complexity index is 1140. The van der Waals surface area contributed by atoms with E-state index in [4.69, 9.17) is 9.47 Å². The van der Waals surface area contributed by atoms with E-state index in [0.717, 1.165) is 29.7 Å². The van der Waals surface area contributed by atoms with Gasteiger partial charge < -0.3 is 20.1 Å². The summed E-state index contributed by atoms with van der Waals surface area (Å²) in [6.07, 6.45) is 2.73. The molecule has 1 heterocycles. The third kappa shape index (κ3) is 4.48. The Morgan fingerprint density at radius 2 is 1.78 bits per heavy atom. The lowest BCUT2D eigenvalue weighted by molar-refractivity contribution is 0.102. The van der Waals surface area contributed by atoms with Gasteiger partial charge in [0.1, 0.15) is 16.5 Å². The van der Waals surface area contributed by atoms with Crippen LogP contribution in [0.25, 0.3) is 0 Å². The molecule has 0 bridgehead atoms. The van der Waals surface area contributed by atoms with Crippen LogP contribution in [0.5, 0.6) is 11.5 Å². The number of carbonyl (C=O) groups excluding carboxylic acids is 2. The third-order valence-electron chi connectivity index (χ3n) is 5.66. The molecule has 166 valence electrons. The number of fused-ring (bicyclic) bond motifs is 1. The second-order valence-corrected chi connectivity index (χ2v) is 9.00. The minimum atomic E-state index is -0.271. The fourth-order valence-electron chi connectivity index (χ4n) is 3.94. The van der Waals surface area contributed by atoms with E-state index in [1.807, 2.05) is 18.2 Å². The molecule has 1 atom stereocenters. The van der Waals surface area contributed by atoms with Crippen LogP contribution in [0.4, 0.5) is 10.7 Å². The third-order valence-corrected chi connectivity index (χ3v) is 6.83. The molecule has 32 heavy (non-hydrogen) atoms. The van der Waals surface area contributed by atoms with Crippen LogP contribution in [0.2, 0.25) is 0 Å². The zero-order valence-corrected chi connectivity index (χ0v) is 19.2. The van der Waals surface area contributed by atoms with Crippen LogP contribution in [0.15, 0.2) is 48.5 Å². The fourth-order valence-corrected chi connectivity index (χ4v) is 5.34. The predicted molar refractivity (Wildman–Crippen MR) is 127 cm³/mol. The second-order valence-electron chi connectivity index (χ2n) is 7.90. The van der Waals surface area contributed by atoms with Crippen LogP contribution in [0, 0.1) is 5.92 Å². The highest BCUT2D eigenvalue weighted by Gasteiger charge is 2.29. The van der Waals surface area contributed by atoms with Crippen LogP contribution < -0.4 is 20.1 Å². The first-order chi connectivity index (χ1) is 15.5. The first-order valence-corrected chi connectivity index (χ1v) is 11.4. The summed E-state index contributed by atoms with van der Waals surface area (Å²) in [6.45, 7) is 2.21. The van der Waals surface area contributed by atoms with Crippen LogP contribution in [0.1, 0.15) is 44.5 Å². The predicted octanol–water partition coefficient (Wildman–Crippen LogP) is 5.39. The van der Waals surface area contributed by atoms with Gasteiger partial charge in [0.2, 0.25) is 0 Å². The molecule has 0 radical (unpaired) electrons. The molecule has 0 fully saturated rings. The molecule has 2 N–H and O–H groups in total. The Morgan fingerprint density at radius 1 is 1.00 bits per heavy atom. The molecule has 6 nitrogen and oxygen atoms in total. The summed E-state index contributed by atoms with van der Waals surface area (Å²) in [5.41, 5.74) is 2.62. The highest BCUT2D eigenvalue weighted by Crippen LogP contribution is 2.41. The van der Waals surface area contributed by atoms with E-state index in [0.29, 0.717) is 39.2 Å². The van der Waals surface area contributed by atoms with Crippen molar-refractivity contribution in [3.63, 3.8) is 0 Å². The number of rotatable bonds is 6. The standard InChI is InChI=1S/C25H26N2O4S/c1-15-9-11-18-21(13-15)32-25(27-23(28)16-7-5-4-6-8-16)22(18)24(29)26-19-14-17(30-2)10-12-20(19)31-3/h4-8,10,12,14-15H,9,11,13H2,1-3H3,(H,26,29)(H,27,28)/t15-/m0/s1. The van der Waals surface area contributed by atoms with Crippen LogP contribution in [-0.4, -0.2) is 26.0 Å². The molecule has 1 aliphatic carbocycles. The number of hydrogen-bond donors (Lipinski definition) is 2. The molecular weight excluding hydrogens is 424 g/mol. The summed E-state index contributed by atoms with van der Waals surface area (Å²) in [6, 6.07) is 14.3. The van der Waals surface area contributed by atoms with Gasteiger partial charge in [0.25, 0.3) is 11.8 Å². The summed E-state index contributed by atoms with van der Waals surface area (Å²) >= 11 is 1.50. The van der Waals surface area contributed by atoms with Crippen molar-refractivity contribution in [1.29, 1.82) is 0 Å². The van der Waals surface area contributed by atoms with Crippen LogP contribution in [-0.2, 0) is 12.8 Å². The normalized spacial score (nSPS) is 14.9. The number of methoxy groups -OCH3 is 2. The van der Waals surface area contributed by atoms with Crippen molar-refractivity contribution in [2.45, 2.75) is 26.2 Å². The molecule has 7 heteroatoms. The summed E-state index contributed by atoms with van der Waals surface area (Å²) in [5.74, 6) is 1.19. The maximum absolute atomic E-state index is 13.5. The maximum Gasteiger partial charge on any atom is 0.259 e. The number of hydrogen-bond acceptors (Lipinski definition) is 5. The van der Waals surface area contributed by atoms with Crippen molar-refractivity contribution in [2.75, 3.05) is 24.9 Å². The summed E-state index contributed by atoms with van der Waals surface area (Å²) < 4.78 is 10.7.